The Morgan fingerprint density at radius 3 is 3.06 bits per heavy atom. The highest BCUT2D eigenvalue weighted by Gasteiger charge is 2.23. The first-order chi connectivity index (χ1) is 8.81. The molecule has 0 radical (unpaired) electrons. The van der Waals surface area contributed by atoms with Gasteiger partial charge in [-0.05, 0) is 25.0 Å². The van der Waals surface area contributed by atoms with Gasteiger partial charge in [0.1, 0.15) is 6.10 Å². The summed E-state index contributed by atoms with van der Waals surface area (Å²) in [5.41, 5.74) is 6.83. The number of rotatable bonds is 2. The summed E-state index contributed by atoms with van der Waals surface area (Å²) in [5.74, 6) is 5.62. The molecular formula is C14H16N2O2. The number of benzene rings is 1. The van der Waals surface area contributed by atoms with Crippen LogP contribution in [0.25, 0.3) is 0 Å². The molecule has 3 N–H and O–H groups in total. The van der Waals surface area contributed by atoms with E-state index in [-0.39, 0.29) is 12.0 Å². The van der Waals surface area contributed by atoms with Gasteiger partial charge in [-0.3, -0.25) is 4.79 Å². The van der Waals surface area contributed by atoms with E-state index in [2.05, 4.69) is 17.2 Å². The van der Waals surface area contributed by atoms with E-state index in [4.69, 9.17) is 10.5 Å². The minimum Gasteiger partial charge on any atom is -0.368 e. The maximum atomic E-state index is 11.9. The van der Waals surface area contributed by atoms with Crippen LogP contribution < -0.4 is 11.1 Å². The number of nitrogens with one attached hydrogen (secondary N) is 1. The minimum atomic E-state index is -0.333. The molecule has 1 aromatic rings. The highest BCUT2D eigenvalue weighted by atomic mass is 16.5. The fourth-order valence-corrected chi connectivity index (χ4v) is 1.85. The maximum absolute atomic E-state index is 11.9. The average Bonchev–Trinajstić information content (AvgIpc) is 2.91. The second kappa shape index (κ2) is 6.20. The summed E-state index contributed by atoms with van der Waals surface area (Å²) >= 11 is 0. The van der Waals surface area contributed by atoms with Crippen molar-refractivity contribution in [3.8, 4) is 11.8 Å². The Morgan fingerprint density at radius 2 is 2.33 bits per heavy atom. The van der Waals surface area contributed by atoms with Crippen LogP contribution in [-0.4, -0.2) is 25.2 Å². The third kappa shape index (κ3) is 3.10. The summed E-state index contributed by atoms with van der Waals surface area (Å²) in [5, 5.41) is 2.85. The minimum absolute atomic E-state index is 0.102. The van der Waals surface area contributed by atoms with Crippen molar-refractivity contribution in [3.05, 3.63) is 29.8 Å². The van der Waals surface area contributed by atoms with E-state index in [0.29, 0.717) is 18.8 Å². The predicted octanol–water partition coefficient (Wildman–Crippen LogP) is 1.11. The fraction of sp³-hybridized carbons (Fsp3) is 0.357. The number of carbonyl (C=O) groups is 1. The van der Waals surface area contributed by atoms with Crippen molar-refractivity contribution in [1.82, 2.24) is 0 Å². The number of hydrogen-bond donors (Lipinski definition) is 2. The topological polar surface area (TPSA) is 64.3 Å². The van der Waals surface area contributed by atoms with Gasteiger partial charge < -0.3 is 15.8 Å². The van der Waals surface area contributed by atoms with Crippen molar-refractivity contribution in [2.24, 2.45) is 5.73 Å². The molecule has 0 aliphatic carbocycles. The molecule has 1 aliphatic rings. The number of anilines is 1. The molecule has 4 heteroatoms. The van der Waals surface area contributed by atoms with Gasteiger partial charge in [0.25, 0.3) is 5.91 Å². The van der Waals surface area contributed by atoms with Crippen molar-refractivity contribution in [1.29, 1.82) is 0 Å². The molecule has 1 amide bonds. The SMILES string of the molecule is NCC#Cc1ccccc1NC(=O)C1CCCO1. The third-order valence-electron chi connectivity index (χ3n) is 2.73. The molecule has 1 unspecified atom stereocenters. The van der Waals surface area contributed by atoms with Crippen LogP contribution in [-0.2, 0) is 9.53 Å². The van der Waals surface area contributed by atoms with Gasteiger partial charge in [-0.15, -0.1) is 0 Å². The van der Waals surface area contributed by atoms with E-state index in [0.717, 1.165) is 18.4 Å². The molecule has 2 rings (SSSR count). The molecule has 0 bridgehead atoms. The number of ether oxygens (including phenoxy) is 1. The Morgan fingerprint density at radius 1 is 1.50 bits per heavy atom. The molecule has 94 valence electrons. The van der Waals surface area contributed by atoms with Crippen LogP contribution in [0.2, 0.25) is 0 Å². The van der Waals surface area contributed by atoms with Crippen LogP contribution in [0.15, 0.2) is 24.3 Å². The smallest absolute Gasteiger partial charge is 0.253 e. The van der Waals surface area contributed by atoms with Gasteiger partial charge in [-0.1, -0.05) is 24.0 Å². The summed E-state index contributed by atoms with van der Waals surface area (Å²) in [4.78, 5) is 11.9. The van der Waals surface area contributed by atoms with Crippen molar-refractivity contribution in [2.45, 2.75) is 18.9 Å². The van der Waals surface area contributed by atoms with Crippen LogP contribution in [0.3, 0.4) is 0 Å². The van der Waals surface area contributed by atoms with Crippen LogP contribution in [0.1, 0.15) is 18.4 Å². The first-order valence-electron chi connectivity index (χ1n) is 6.01. The van der Waals surface area contributed by atoms with E-state index in [1.165, 1.54) is 0 Å². The number of amides is 1. The summed E-state index contributed by atoms with van der Waals surface area (Å²) < 4.78 is 5.34. The molecule has 0 saturated carbocycles. The second-order valence-corrected chi connectivity index (χ2v) is 4.04. The second-order valence-electron chi connectivity index (χ2n) is 4.04. The lowest BCUT2D eigenvalue weighted by Crippen LogP contribution is -2.27. The van der Waals surface area contributed by atoms with E-state index in [1.54, 1.807) is 0 Å². The number of carbonyl (C=O) groups excluding carboxylic acids is 1. The van der Waals surface area contributed by atoms with Gasteiger partial charge in [0.05, 0.1) is 12.2 Å². The Bertz CT molecular complexity index is 482. The fourth-order valence-electron chi connectivity index (χ4n) is 1.85. The lowest BCUT2D eigenvalue weighted by molar-refractivity contribution is -0.124. The molecule has 0 aromatic heterocycles. The molecule has 1 saturated heterocycles. The number of hydrogen-bond acceptors (Lipinski definition) is 3. The Kier molecular flexibility index (Phi) is 4.35. The lowest BCUT2D eigenvalue weighted by Gasteiger charge is -2.11. The maximum Gasteiger partial charge on any atom is 0.253 e. The largest absolute Gasteiger partial charge is 0.368 e. The van der Waals surface area contributed by atoms with Crippen LogP contribution in [0, 0.1) is 11.8 Å². The molecular weight excluding hydrogens is 228 g/mol. The zero-order chi connectivity index (χ0) is 12.8. The zero-order valence-corrected chi connectivity index (χ0v) is 10.1. The molecule has 1 aromatic carbocycles. The predicted molar refractivity (Wildman–Crippen MR) is 70.0 cm³/mol. The lowest BCUT2D eigenvalue weighted by atomic mass is 10.1. The first-order valence-corrected chi connectivity index (χ1v) is 6.01. The van der Waals surface area contributed by atoms with Gasteiger partial charge in [0.2, 0.25) is 0 Å². The Labute approximate surface area is 107 Å². The van der Waals surface area contributed by atoms with E-state index in [9.17, 15) is 4.79 Å². The van der Waals surface area contributed by atoms with Gasteiger partial charge >= 0.3 is 0 Å². The quantitative estimate of drug-likeness (QED) is 0.766. The standard InChI is InChI=1S/C14H16N2O2/c15-9-3-6-11-5-1-2-7-12(11)16-14(17)13-8-4-10-18-13/h1-2,5,7,13H,4,8-10,15H2,(H,16,17). The molecule has 18 heavy (non-hydrogen) atoms. The molecule has 1 aliphatic heterocycles. The van der Waals surface area contributed by atoms with Gasteiger partial charge in [-0.2, -0.15) is 0 Å². The molecule has 1 fully saturated rings. The Hall–Kier alpha value is -1.83. The molecule has 1 atom stereocenters. The number of nitrogens with two attached hydrogens (primary N) is 1. The van der Waals surface area contributed by atoms with Crippen molar-refractivity contribution < 1.29 is 9.53 Å². The van der Waals surface area contributed by atoms with Gasteiger partial charge in [-0.25, -0.2) is 0 Å². The molecule has 1 heterocycles. The summed E-state index contributed by atoms with van der Waals surface area (Å²) in [6, 6.07) is 7.42. The summed E-state index contributed by atoms with van der Waals surface area (Å²) in [6.07, 6.45) is 1.38. The third-order valence-corrected chi connectivity index (χ3v) is 2.73. The molecule has 0 spiro atoms. The zero-order valence-electron chi connectivity index (χ0n) is 10.1. The van der Waals surface area contributed by atoms with Crippen molar-refractivity contribution >= 4 is 11.6 Å². The van der Waals surface area contributed by atoms with E-state index < -0.39 is 0 Å². The number of para-hydroxylation sites is 1. The highest BCUT2D eigenvalue weighted by molar-refractivity contribution is 5.95. The Balaban J connectivity index is 2.10. The van der Waals surface area contributed by atoms with Crippen LogP contribution in [0.5, 0.6) is 0 Å². The molecule has 4 nitrogen and oxygen atoms in total. The van der Waals surface area contributed by atoms with E-state index in [1.807, 2.05) is 24.3 Å². The monoisotopic (exact) mass is 244 g/mol. The van der Waals surface area contributed by atoms with Crippen LogP contribution in [0.4, 0.5) is 5.69 Å². The normalized spacial score (nSPS) is 17.9. The summed E-state index contributed by atoms with van der Waals surface area (Å²) in [6.45, 7) is 0.959. The van der Waals surface area contributed by atoms with Crippen molar-refractivity contribution in [2.75, 3.05) is 18.5 Å². The highest BCUT2D eigenvalue weighted by Crippen LogP contribution is 2.17. The van der Waals surface area contributed by atoms with Gasteiger partial charge in [0, 0.05) is 12.2 Å². The van der Waals surface area contributed by atoms with E-state index >= 15 is 0 Å². The average molecular weight is 244 g/mol. The van der Waals surface area contributed by atoms with Crippen LogP contribution >= 0.6 is 0 Å². The van der Waals surface area contributed by atoms with Gasteiger partial charge in [0.15, 0.2) is 0 Å². The summed E-state index contributed by atoms with van der Waals surface area (Å²) in [7, 11) is 0. The van der Waals surface area contributed by atoms with Crippen molar-refractivity contribution in [3.63, 3.8) is 0 Å². The first kappa shape index (κ1) is 12.6.